The van der Waals surface area contributed by atoms with Crippen molar-refractivity contribution in [1.82, 2.24) is 20.9 Å². The number of aldehydes is 1. The van der Waals surface area contributed by atoms with Gasteiger partial charge in [-0.25, -0.2) is 4.79 Å². The Morgan fingerprint density at radius 2 is 2.12 bits per heavy atom. The number of ether oxygens (including phenoxy) is 1. The Bertz CT molecular complexity index is 649. The average molecular weight is 334 g/mol. The van der Waals surface area contributed by atoms with E-state index in [9.17, 15) is 14.4 Å². The number of hydrogen-bond donors (Lipinski definition) is 3. The third-order valence-corrected chi connectivity index (χ3v) is 3.95. The van der Waals surface area contributed by atoms with Crippen molar-refractivity contribution < 1.29 is 19.1 Å². The van der Waals surface area contributed by atoms with Gasteiger partial charge in [0.1, 0.15) is 17.6 Å². The Morgan fingerprint density at radius 1 is 1.38 bits per heavy atom. The fourth-order valence-electron chi connectivity index (χ4n) is 2.89. The summed E-state index contributed by atoms with van der Waals surface area (Å²) in [6.07, 6.45) is 0.788. The Balaban J connectivity index is 2.17. The molecule has 0 aromatic heterocycles. The predicted octanol–water partition coefficient (Wildman–Crippen LogP) is -0.263. The molecule has 1 unspecified atom stereocenters. The maximum atomic E-state index is 12.2. The molecule has 3 N–H and O–H groups in total. The summed E-state index contributed by atoms with van der Waals surface area (Å²) in [5.41, 5.74) is 0.308. The highest BCUT2D eigenvalue weighted by Gasteiger charge is 2.46. The number of carbonyl (C=O) groups excluding carboxylic acids is 3. The van der Waals surface area contributed by atoms with E-state index in [0.29, 0.717) is 30.9 Å². The van der Waals surface area contributed by atoms with Crippen LogP contribution in [0, 0.1) is 0 Å². The molecule has 0 saturated carbocycles. The summed E-state index contributed by atoms with van der Waals surface area (Å²) in [6.45, 7) is 1.02. The van der Waals surface area contributed by atoms with Crippen LogP contribution in [-0.4, -0.2) is 63.0 Å². The smallest absolute Gasteiger partial charge is 0.322 e. The highest BCUT2D eigenvalue weighted by Crippen LogP contribution is 2.19. The highest BCUT2D eigenvalue weighted by molar-refractivity contribution is 6.07. The molecule has 8 heteroatoms. The fourth-order valence-corrected chi connectivity index (χ4v) is 2.89. The molecule has 3 amide bonds. The van der Waals surface area contributed by atoms with Gasteiger partial charge in [0.25, 0.3) is 5.91 Å². The van der Waals surface area contributed by atoms with E-state index in [1.165, 1.54) is 0 Å². The van der Waals surface area contributed by atoms with Crippen LogP contribution in [0.5, 0.6) is 5.75 Å². The van der Waals surface area contributed by atoms with Gasteiger partial charge in [-0.2, -0.15) is 0 Å². The molecule has 1 aliphatic rings. The number of amides is 3. The van der Waals surface area contributed by atoms with Gasteiger partial charge in [-0.1, -0.05) is 0 Å². The van der Waals surface area contributed by atoms with E-state index >= 15 is 0 Å². The van der Waals surface area contributed by atoms with Crippen LogP contribution in [0.4, 0.5) is 4.79 Å². The Kier molecular flexibility index (Phi) is 5.53. The first-order chi connectivity index (χ1) is 11.4. The predicted molar refractivity (Wildman–Crippen MR) is 88.0 cm³/mol. The van der Waals surface area contributed by atoms with Crippen LogP contribution in [0.1, 0.15) is 15.9 Å². The summed E-state index contributed by atoms with van der Waals surface area (Å²) < 4.78 is 5.19. The van der Waals surface area contributed by atoms with Gasteiger partial charge in [0.05, 0.1) is 7.11 Å². The zero-order chi connectivity index (χ0) is 17.7. The van der Waals surface area contributed by atoms with Crippen LogP contribution in [0.2, 0.25) is 0 Å². The molecule has 0 spiro atoms. The molecule has 0 radical (unpaired) electrons. The Hall–Kier alpha value is -2.45. The molecule has 1 saturated heterocycles. The van der Waals surface area contributed by atoms with E-state index in [1.807, 2.05) is 11.9 Å². The first kappa shape index (κ1) is 17.9. The summed E-state index contributed by atoms with van der Waals surface area (Å²) in [7, 11) is 5.10. The Labute approximate surface area is 140 Å². The van der Waals surface area contributed by atoms with E-state index in [2.05, 4.69) is 16.0 Å². The fraction of sp³-hybridized carbons (Fsp3) is 0.438. The number of hydrogen-bond acceptors (Lipinski definition) is 6. The van der Waals surface area contributed by atoms with Gasteiger partial charge in [-0.15, -0.1) is 0 Å². The summed E-state index contributed by atoms with van der Waals surface area (Å²) in [5.74, 6) is 0.288. The minimum absolute atomic E-state index is 0.293. The van der Waals surface area contributed by atoms with Crippen LogP contribution >= 0.6 is 0 Å². The van der Waals surface area contributed by atoms with E-state index in [0.717, 1.165) is 11.8 Å². The van der Waals surface area contributed by atoms with Gasteiger partial charge in [-0.05, 0) is 37.9 Å². The number of likely N-dealkylation sites (N-methyl/N-ethyl adjacent to an activating group) is 2. The number of carbonyl (C=O) groups is 3. The monoisotopic (exact) mass is 334 g/mol. The van der Waals surface area contributed by atoms with Gasteiger partial charge in [0.15, 0.2) is 0 Å². The van der Waals surface area contributed by atoms with Gasteiger partial charge < -0.3 is 15.4 Å². The van der Waals surface area contributed by atoms with Crippen molar-refractivity contribution in [3.63, 3.8) is 0 Å². The quantitative estimate of drug-likeness (QED) is 0.447. The third kappa shape index (κ3) is 3.72. The molecular weight excluding hydrogens is 312 g/mol. The van der Waals surface area contributed by atoms with Crippen molar-refractivity contribution in [2.24, 2.45) is 0 Å². The number of urea groups is 1. The molecule has 1 atom stereocenters. The largest absolute Gasteiger partial charge is 0.497 e. The summed E-state index contributed by atoms with van der Waals surface area (Å²) in [6, 6.07) is 4.71. The van der Waals surface area contributed by atoms with E-state index in [4.69, 9.17) is 4.74 Å². The second kappa shape index (κ2) is 7.41. The van der Waals surface area contributed by atoms with E-state index in [1.54, 1.807) is 32.4 Å². The summed E-state index contributed by atoms with van der Waals surface area (Å²) >= 11 is 0. The van der Waals surface area contributed by atoms with Crippen molar-refractivity contribution in [3.8, 4) is 5.75 Å². The lowest BCUT2D eigenvalue weighted by atomic mass is 9.98. The first-order valence-corrected chi connectivity index (χ1v) is 7.53. The van der Waals surface area contributed by atoms with Gasteiger partial charge >= 0.3 is 6.03 Å². The molecule has 0 bridgehead atoms. The highest BCUT2D eigenvalue weighted by atomic mass is 16.5. The normalized spacial score (nSPS) is 20.0. The van der Waals surface area contributed by atoms with Gasteiger partial charge in [0.2, 0.25) is 0 Å². The molecule has 2 rings (SSSR count). The van der Waals surface area contributed by atoms with Crippen LogP contribution in [-0.2, 0) is 11.3 Å². The Morgan fingerprint density at radius 3 is 2.67 bits per heavy atom. The minimum Gasteiger partial charge on any atom is -0.497 e. The lowest BCUT2D eigenvalue weighted by molar-refractivity contribution is -0.124. The van der Waals surface area contributed by atoms with Crippen molar-refractivity contribution in [3.05, 3.63) is 29.3 Å². The molecule has 0 aliphatic carbocycles. The number of rotatable bonds is 8. The number of nitrogens with one attached hydrogen (secondary N) is 3. The molecule has 1 fully saturated rings. The molecule has 1 aromatic rings. The van der Waals surface area contributed by atoms with Crippen LogP contribution in [0.25, 0.3) is 0 Å². The second-order valence-corrected chi connectivity index (χ2v) is 5.88. The van der Waals surface area contributed by atoms with Gasteiger partial charge in [-0.3, -0.25) is 19.8 Å². The maximum absolute atomic E-state index is 12.2. The van der Waals surface area contributed by atoms with Crippen molar-refractivity contribution in [1.29, 1.82) is 0 Å². The van der Waals surface area contributed by atoms with E-state index < -0.39 is 11.6 Å². The molecule has 8 nitrogen and oxygen atoms in total. The number of benzene rings is 1. The molecule has 1 aliphatic heterocycles. The van der Waals surface area contributed by atoms with Crippen molar-refractivity contribution in [2.75, 3.05) is 34.3 Å². The first-order valence-electron chi connectivity index (χ1n) is 7.53. The molecular formula is C16H22N4O4. The lowest BCUT2D eigenvalue weighted by Crippen LogP contribution is -2.59. The van der Waals surface area contributed by atoms with Crippen LogP contribution in [0.15, 0.2) is 18.2 Å². The van der Waals surface area contributed by atoms with Crippen molar-refractivity contribution in [2.45, 2.75) is 12.1 Å². The molecule has 1 heterocycles. The van der Waals surface area contributed by atoms with Crippen LogP contribution in [0.3, 0.4) is 0 Å². The average Bonchev–Trinajstić information content (AvgIpc) is 2.80. The zero-order valence-electron chi connectivity index (χ0n) is 14.0. The summed E-state index contributed by atoms with van der Waals surface area (Å²) in [4.78, 5) is 36.8. The minimum atomic E-state index is -1.04. The lowest BCUT2D eigenvalue weighted by Gasteiger charge is -2.31. The zero-order valence-corrected chi connectivity index (χ0v) is 14.0. The number of nitrogens with zero attached hydrogens (tertiary/aromatic N) is 1. The molecule has 1 aromatic carbocycles. The van der Waals surface area contributed by atoms with Crippen molar-refractivity contribution >= 4 is 18.2 Å². The number of imide groups is 1. The molecule has 24 heavy (non-hydrogen) atoms. The topological polar surface area (TPSA) is 99.8 Å². The molecule has 130 valence electrons. The van der Waals surface area contributed by atoms with Crippen LogP contribution < -0.4 is 20.7 Å². The standard InChI is InChI=1S/C16H22N4O4/c1-17-9-16(14(22)18-15(23)19-16)10-20(2)7-12-6-13(24-3)5-4-11(12)8-21/h4-6,8,17H,7,9-10H2,1-3H3,(H2,18,19,22,23). The second-order valence-electron chi connectivity index (χ2n) is 5.88. The van der Waals surface area contributed by atoms with E-state index in [-0.39, 0.29) is 5.91 Å². The summed E-state index contributed by atoms with van der Waals surface area (Å²) in [5, 5.41) is 7.89. The van der Waals surface area contributed by atoms with Gasteiger partial charge in [0, 0.05) is 25.2 Å². The third-order valence-electron chi connectivity index (χ3n) is 3.95. The SMILES string of the molecule is CNCC1(CN(C)Cc2cc(OC)ccc2C=O)NC(=O)NC1=O. The maximum Gasteiger partial charge on any atom is 0.322 e. The number of methoxy groups -OCH3 is 1.